The summed E-state index contributed by atoms with van der Waals surface area (Å²) < 4.78 is 5.09. The van der Waals surface area contributed by atoms with Crippen LogP contribution in [0, 0.1) is 0 Å². The zero-order valence-electron chi connectivity index (χ0n) is 10.5. The van der Waals surface area contributed by atoms with E-state index in [0.717, 1.165) is 16.5 Å². The fraction of sp³-hybridized carbons (Fsp3) is 0.231. The number of carbonyl (C=O) groups excluding carboxylic acids is 1. The number of amidine groups is 1. The number of benzene rings is 1. The van der Waals surface area contributed by atoms with E-state index < -0.39 is 0 Å². The van der Waals surface area contributed by atoms with Gasteiger partial charge in [-0.15, -0.1) is 0 Å². The largest absolute Gasteiger partial charge is 0.497 e. The lowest BCUT2D eigenvalue weighted by Gasteiger charge is -2.12. The highest BCUT2D eigenvalue weighted by molar-refractivity contribution is 8.13. The number of thioether (sulfide) groups is 1. The van der Waals surface area contributed by atoms with Crippen LogP contribution in [-0.4, -0.2) is 36.4 Å². The molecule has 0 spiro atoms. The third-order valence-corrected chi connectivity index (χ3v) is 3.40. The molecule has 94 valence electrons. The van der Waals surface area contributed by atoms with Crippen molar-refractivity contribution in [3.63, 3.8) is 0 Å². The molecule has 0 unspecified atom stereocenters. The lowest BCUT2D eigenvalue weighted by molar-refractivity contribution is -0.114. The lowest BCUT2D eigenvalue weighted by atomic mass is 10.2. The maximum Gasteiger partial charge on any atom is 0.296 e. The van der Waals surface area contributed by atoms with Gasteiger partial charge in [0.1, 0.15) is 11.4 Å². The molecule has 1 aliphatic rings. The number of amides is 1. The van der Waals surface area contributed by atoms with Crippen LogP contribution in [0.1, 0.15) is 5.56 Å². The molecule has 0 bridgehead atoms. The van der Waals surface area contributed by atoms with Crippen LogP contribution in [0.15, 0.2) is 35.0 Å². The topological polar surface area (TPSA) is 41.9 Å². The highest BCUT2D eigenvalue weighted by Gasteiger charge is 2.25. The van der Waals surface area contributed by atoms with Gasteiger partial charge in [-0.2, -0.15) is 4.99 Å². The first-order chi connectivity index (χ1) is 8.65. The SMILES string of the molecule is COc1ccc(C=C2C(=O)N=C(SC)N2C)cc1. The number of carbonyl (C=O) groups is 1. The zero-order valence-corrected chi connectivity index (χ0v) is 11.3. The number of hydrogen-bond donors (Lipinski definition) is 0. The molecular formula is C13H14N2O2S. The molecule has 0 saturated heterocycles. The van der Waals surface area contributed by atoms with Crippen molar-refractivity contribution < 1.29 is 9.53 Å². The van der Waals surface area contributed by atoms with E-state index in [1.165, 1.54) is 11.8 Å². The van der Waals surface area contributed by atoms with E-state index in [-0.39, 0.29) is 5.91 Å². The van der Waals surface area contributed by atoms with Gasteiger partial charge in [-0.1, -0.05) is 23.9 Å². The van der Waals surface area contributed by atoms with E-state index in [2.05, 4.69) is 4.99 Å². The van der Waals surface area contributed by atoms with Crippen LogP contribution >= 0.6 is 11.8 Å². The second kappa shape index (κ2) is 5.27. The average Bonchev–Trinajstić information content (AvgIpc) is 2.67. The summed E-state index contributed by atoms with van der Waals surface area (Å²) in [6, 6.07) is 7.54. The summed E-state index contributed by atoms with van der Waals surface area (Å²) in [5.74, 6) is 0.599. The summed E-state index contributed by atoms with van der Waals surface area (Å²) in [6.45, 7) is 0. The average molecular weight is 262 g/mol. The second-order valence-corrected chi connectivity index (χ2v) is 4.54. The molecule has 1 aromatic carbocycles. The third kappa shape index (κ3) is 2.41. The molecule has 0 atom stereocenters. The van der Waals surface area contributed by atoms with Gasteiger partial charge in [0.05, 0.1) is 7.11 Å². The van der Waals surface area contributed by atoms with Gasteiger partial charge in [0.25, 0.3) is 5.91 Å². The standard InChI is InChI=1S/C13H14N2O2S/c1-15-11(12(16)14-13(15)18-3)8-9-4-6-10(17-2)7-5-9/h4-8H,1-3H3. The van der Waals surface area contributed by atoms with Gasteiger partial charge in [0, 0.05) is 7.05 Å². The molecule has 5 heteroatoms. The number of aliphatic imine (C=N–C) groups is 1. The quantitative estimate of drug-likeness (QED) is 0.766. The molecular weight excluding hydrogens is 248 g/mol. The molecule has 1 aliphatic heterocycles. The molecule has 0 aliphatic carbocycles. The Labute approximate surface area is 110 Å². The predicted molar refractivity (Wildman–Crippen MR) is 74.7 cm³/mol. The Balaban J connectivity index is 2.26. The minimum absolute atomic E-state index is 0.197. The van der Waals surface area contributed by atoms with E-state index in [1.54, 1.807) is 12.0 Å². The molecule has 0 radical (unpaired) electrons. The minimum atomic E-state index is -0.197. The van der Waals surface area contributed by atoms with Gasteiger partial charge < -0.3 is 9.64 Å². The number of likely N-dealkylation sites (N-methyl/N-ethyl adjacent to an activating group) is 1. The smallest absolute Gasteiger partial charge is 0.296 e. The van der Waals surface area contributed by atoms with Crippen LogP contribution in [0.25, 0.3) is 6.08 Å². The van der Waals surface area contributed by atoms with Gasteiger partial charge in [-0.25, -0.2) is 0 Å². The zero-order chi connectivity index (χ0) is 13.1. The molecule has 2 rings (SSSR count). The van der Waals surface area contributed by atoms with Crippen LogP contribution in [0.4, 0.5) is 0 Å². The van der Waals surface area contributed by atoms with Crippen LogP contribution in [0.2, 0.25) is 0 Å². The summed E-state index contributed by atoms with van der Waals surface area (Å²) in [4.78, 5) is 17.5. The predicted octanol–water partition coefficient (Wildman–Crippen LogP) is 2.23. The maximum absolute atomic E-state index is 11.7. The minimum Gasteiger partial charge on any atom is -0.497 e. The fourth-order valence-corrected chi connectivity index (χ4v) is 2.21. The lowest BCUT2D eigenvalue weighted by Crippen LogP contribution is -2.18. The molecule has 1 amide bonds. The van der Waals surface area contributed by atoms with Crippen LogP contribution in [-0.2, 0) is 4.79 Å². The summed E-state index contributed by atoms with van der Waals surface area (Å²) in [7, 11) is 3.47. The van der Waals surface area contributed by atoms with Gasteiger partial charge in [-0.3, -0.25) is 4.79 Å². The normalized spacial score (nSPS) is 17.3. The maximum atomic E-state index is 11.7. The Morgan fingerprint density at radius 2 is 2.00 bits per heavy atom. The Bertz CT molecular complexity index is 520. The Kier molecular flexibility index (Phi) is 3.72. The van der Waals surface area contributed by atoms with Crippen molar-refractivity contribution in [3.8, 4) is 5.75 Å². The van der Waals surface area contributed by atoms with Gasteiger partial charge in [0.15, 0.2) is 5.17 Å². The highest BCUT2D eigenvalue weighted by Crippen LogP contribution is 2.22. The third-order valence-electron chi connectivity index (χ3n) is 2.67. The first kappa shape index (κ1) is 12.7. The number of rotatable bonds is 2. The Hall–Kier alpha value is -1.75. The summed E-state index contributed by atoms with van der Waals surface area (Å²) >= 11 is 1.46. The van der Waals surface area contributed by atoms with Crippen LogP contribution < -0.4 is 4.74 Å². The molecule has 1 heterocycles. The van der Waals surface area contributed by atoms with Crippen LogP contribution in [0.5, 0.6) is 5.75 Å². The van der Waals surface area contributed by atoms with Crippen molar-refractivity contribution in [2.75, 3.05) is 20.4 Å². The van der Waals surface area contributed by atoms with Gasteiger partial charge in [-0.05, 0) is 30.0 Å². The number of methoxy groups -OCH3 is 1. The summed E-state index contributed by atoms with van der Waals surface area (Å²) in [6.07, 6.45) is 3.73. The van der Waals surface area contributed by atoms with Crippen molar-refractivity contribution >= 4 is 28.9 Å². The molecule has 0 aromatic heterocycles. The fourth-order valence-electron chi connectivity index (χ4n) is 1.66. The Morgan fingerprint density at radius 1 is 1.33 bits per heavy atom. The number of hydrogen-bond acceptors (Lipinski definition) is 4. The highest BCUT2D eigenvalue weighted by atomic mass is 32.2. The van der Waals surface area contributed by atoms with Gasteiger partial charge in [0.2, 0.25) is 0 Å². The summed E-state index contributed by atoms with van der Waals surface area (Å²) in [5, 5.41) is 0.722. The van der Waals surface area contributed by atoms with E-state index in [1.807, 2.05) is 43.6 Å². The van der Waals surface area contributed by atoms with E-state index in [4.69, 9.17) is 4.74 Å². The molecule has 18 heavy (non-hydrogen) atoms. The Morgan fingerprint density at radius 3 is 2.50 bits per heavy atom. The van der Waals surface area contributed by atoms with E-state index >= 15 is 0 Å². The van der Waals surface area contributed by atoms with Crippen molar-refractivity contribution in [1.82, 2.24) is 4.90 Å². The number of nitrogens with zero attached hydrogens (tertiary/aromatic N) is 2. The first-order valence-corrected chi connectivity index (χ1v) is 6.64. The van der Waals surface area contributed by atoms with Crippen molar-refractivity contribution in [3.05, 3.63) is 35.5 Å². The van der Waals surface area contributed by atoms with Gasteiger partial charge >= 0.3 is 0 Å². The van der Waals surface area contributed by atoms with Crippen molar-refractivity contribution in [1.29, 1.82) is 0 Å². The van der Waals surface area contributed by atoms with Crippen LogP contribution in [0.3, 0.4) is 0 Å². The van der Waals surface area contributed by atoms with Crippen molar-refractivity contribution in [2.24, 2.45) is 4.99 Å². The van der Waals surface area contributed by atoms with E-state index in [0.29, 0.717) is 5.70 Å². The van der Waals surface area contributed by atoms with Crippen molar-refractivity contribution in [2.45, 2.75) is 0 Å². The first-order valence-electron chi connectivity index (χ1n) is 5.42. The number of ether oxygens (including phenoxy) is 1. The molecule has 0 saturated carbocycles. The second-order valence-electron chi connectivity index (χ2n) is 3.77. The van der Waals surface area contributed by atoms with E-state index in [9.17, 15) is 4.79 Å². The summed E-state index contributed by atoms with van der Waals surface area (Å²) in [5.41, 5.74) is 1.54. The monoisotopic (exact) mass is 262 g/mol. The molecule has 4 nitrogen and oxygen atoms in total. The molecule has 0 fully saturated rings. The molecule has 1 aromatic rings. The molecule has 0 N–H and O–H groups in total.